The molecule has 0 saturated carbocycles. The molecule has 4 rings (SSSR count). The van der Waals surface area contributed by atoms with Crippen LogP contribution in [0.1, 0.15) is 18.1 Å². The number of urea groups is 1. The lowest BCUT2D eigenvalue weighted by molar-refractivity contribution is -0.138. The first-order valence-corrected chi connectivity index (χ1v) is 10.3. The van der Waals surface area contributed by atoms with E-state index in [1.165, 1.54) is 4.90 Å². The molecule has 7 nitrogen and oxygen atoms in total. The number of hydrogen-bond acceptors (Lipinski definition) is 4. The van der Waals surface area contributed by atoms with E-state index >= 15 is 0 Å². The molecule has 7 heteroatoms. The third-order valence-electron chi connectivity index (χ3n) is 5.92. The van der Waals surface area contributed by atoms with Gasteiger partial charge in [-0.3, -0.25) is 14.5 Å². The summed E-state index contributed by atoms with van der Waals surface area (Å²) in [5.41, 5.74) is 0.286. The number of benzene rings is 3. The molecule has 1 atom stereocenters. The zero-order valence-corrected chi connectivity index (χ0v) is 18.3. The Balaban J connectivity index is 1.54. The maximum absolute atomic E-state index is 13.4. The van der Waals surface area contributed by atoms with Gasteiger partial charge in [0.2, 0.25) is 5.91 Å². The van der Waals surface area contributed by atoms with Crippen LogP contribution in [0.5, 0.6) is 5.75 Å². The Kier molecular flexibility index (Phi) is 5.57. The van der Waals surface area contributed by atoms with Crippen molar-refractivity contribution in [3.8, 4) is 5.75 Å². The van der Waals surface area contributed by atoms with Crippen LogP contribution in [-0.2, 0) is 21.7 Å². The monoisotopic (exact) mass is 431 g/mol. The molecular weight excluding hydrogens is 406 g/mol. The largest absolute Gasteiger partial charge is 0.496 e. The van der Waals surface area contributed by atoms with Crippen LogP contribution in [0.3, 0.4) is 0 Å². The SMILES string of the molecule is COc1ccccc1CN(C)C(=O)CN1C(=O)NC(C)(c2cccc3ccccc23)C1=O. The van der Waals surface area contributed by atoms with Crippen molar-refractivity contribution in [2.45, 2.75) is 19.0 Å². The number of likely N-dealkylation sites (N-methyl/N-ethyl adjacent to an activating group) is 1. The summed E-state index contributed by atoms with van der Waals surface area (Å²) in [4.78, 5) is 41.4. The minimum atomic E-state index is -1.25. The van der Waals surface area contributed by atoms with E-state index in [1.54, 1.807) is 21.1 Å². The number of carbonyl (C=O) groups is 3. The van der Waals surface area contributed by atoms with Crippen LogP contribution in [0.25, 0.3) is 10.8 Å². The highest BCUT2D eigenvalue weighted by molar-refractivity contribution is 6.10. The predicted molar refractivity (Wildman–Crippen MR) is 121 cm³/mol. The topological polar surface area (TPSA) is 79.0 Å². The van der Waals surface area contributed by atoms with Crippen LogP contribution in [0, 0.1) is 0 Å². The molecule has 0 radical (unpaired) electrons. The molecule has 1 aliphatic heterocycles. The highest BCUT2D eigenvalue weighted by atomic mass is 16.5. The van der Waals surface area contributed by atoms with Crippen molar-refractivity contribution in [3.63, 3.8) is 0 Å². The van der Waals surface area contributed by atoms with Crippen LogP contribution >= 0.6 is 0 Å². The second-order valence-electron chi connectivity index (χ2n) is 8.03. The Morgan fingerprint density at radius 1 is 1.03 bits per heavy atom. The van der Waals surface area contributed by atoms with E-state index in [0.29, 0.717) is 17.9 Å². The van der Waals surface area contributed by atoms with Gasteiger partial charge in [-0.25, -0.2) is 4.79 Å². The Hall–Kier alpha value is -3.87. The minimum absolute atomic E-state index is 0.299. The van der Waals surface area contributed by atoms with Gasteiger partial charge in [0.25, 0.3) is 5.91 Å². The highest BCUT2D eigenvalue weighted by Gasteiger charge is 2.50. The summed E-state index contributed by atoms with van der Waals surface area (Å²) in [5.74, 6) is -0.120. The Morgan fingerprint density at radius 2 is 1.72 bits per heavy atom. The molecule has 3 aromatic rings. The fraction of sp³-hybridized carbons (Fsp3) is 0.240. The Labute approximate surface area is 186 Å². The summed E-state index contributed by atoms with van der Waals surface area (Å²) in [6, 6.07) is 20.2. The molecule has 1 aliphatic rings. The average Bonchev–Trinajstić information content (AvgIpc) is 3.02. The third kappa shape index (κ3) is 3.66. The maximum atomic E-state index is 13.4. The number of ether oxygens (including phenoxy) is 1. The van der Waals surface area contributed by atoms with Crippen molar-refractivity contribution in [2.75, 3.05) is 20.7 Å². The second-order valence-corrected chi connectivity index (χ2v) is 8.03. The van der Waals surface area contributed by atoms with Crippen LogP contribution < -0.4 is 10.1 Å². The van der Waals surface area contributed by atoms with Gasteiger partial charge in [0.1, 0.15) is 17.8 Å². The first-order valence-electron chi connectivity index (χ1n) is 10.3. The predicted octanol–water partition coefficient (Wildman–Crippen LogP) is 3.27. The van der Waals surface area contributed by atoms with E-state index in [-0.39, 0.29) is 12.5 Å². The van der Waals surface area contributed by atoms with Crippen molar-refractivity contribution in [1.29, 1.82) is 0 Å². The molecule has 0 aromatic heterocycles. The van der Waals surface area contributed by atoms with Crippen molar-refractivity contribution in [3.05, 3.63) is 77.9 Å². The van der Waals surface area contributed by atoms with Gasteiger partial charge >= 0.3 is 6.03 Å². The fourth-order valence-corrected chi connectivity index (χ4v) is 4.12. The number of para-hydroxylation sites is 1. The molecule has 1 saturated heterocycles. The maximum Gasteiger partial charge on any atom is 0.325 e. The van der Waals surface area contributed by atoms with E-state index in [1.807, 2.05) is 66.7 Å². The number of imide groups is 1. The zero-order chi connectivity index (χ0) is 22.9. The van der Waals surface area contributed by atoms with Crippen molar-refractivity contribution >= 4 is 28.6 Å². The summed E-state index contributed by atoms with van der Waals surface area (Å²) in [6.45, 7) is 1.64. The molecule has 1 heterocycles. The van der Waals surface area contributed by atoms with E-state index in [0.717, 1.165) is 21.2 Å². The number of nitrogens with one attached hydrogen (secondary N) is 1. The summed E-state index contributed by atoms with van der Waals surface area (Å²) in [7, 11) is 3.21. The van der Waals surface area contributed by atoms with E-state index < -0.39 is 17.5 Å². The van der Waals surface area contributed by atoms with Gasteiger partial charge < -0.3 is 15.0 Å². The normalized spacial score (nSPS) is 18.0. The van der Waals surface area contributed by atoms with E-state index in [9.17, 15) is 14.4 Å². The van der Waals surface area contributed by atoms with E-state index in [2.05, 4.69) is 5.32 Å². The van der Waals surface area contributed by atoms with E-state index in [4.69, 9.17) is 4.74 Å². The van der Waals surface area contributed by atoms with Crippen molar-refractivity contribution < 1.29 is 19.1 Å². The highest BCUT2D eigenvalue weighted by Crippen LogP contribution is 2.33. The molecule has 0 spiro atoms. The summed E-state index contributed by atoms with van der Waals surface area (Å²) in [6.07, 6.45) is 0. The molecule has 0 aliphatic carbocycles. The third-order valence-corrected chi connectivity index (χ3v) is 5.92. The standard InChI is InChI=1S/C25H25N3O4/c1-25(20-13-8-11-17-9-4-6-12-19(17)20)23(30)28(24(31)26-25)16-22(29)27(2)15-18-10-5-7-14-21(18)32-3/h4-14H,15-16H2,1-3H3,(H,26,31). The first kappa shape index (κ1) is 21.4. The van der Waals surface area contributed by atoms with Gasteiger partial charge in [-0.2, -0.15) is 0 Å². The lowest BCUT2D eigenvalue weighted by Crippen LogP contribution is -2.43. The zero-order valence-electron chi connectivity index (χ0n) is 18.3. The number of amides is 4. The molecule has 1 fully saturated rings. The van der Waals surface area contributed by atoms with Gasteiger partial charge in [-0.05, 0) is 29.3 Å². The number of fused-ring (bicyclic) bond motifs is 1. The van der Waals surface area contributed by atoms with Crippen molar-refractivity contribution in [2.24, 2.45) is 0 Å². The Bertz CT molecular complexity index is 1200. The molecule has 164 valence electrons. The molecule has 32 heavy (non-hydrogen) atoms. The summed E-state index contributed by atoms with van der Waals surface area (Å²) in [5, 5.41) is 4.65. The lowest BCUT2D eigenvalue weighted by atomic mass is 9.88. The number of carbonyl (C=O) groups excluding carboxylic acids is 3. The van der Waals surface area contributed by atoms with Crippen LogP contribution in [0.4, 0.5) is 4.79 Å². The average molecular weight is 431 g/mol. The summed E-state index contributed by atoms with van der Waals surface area (Å²) < 4.78 is 5.34. The van der Waals surface area contributed by atoms with Gasteiger partial charge in [-0.1, -0.05) is 60.7 Å². The van der Waals surface area contributed by atoms with Crippen molar-refractivity contribution in [1.82, 2.24) is 15.1 Å². The first-order chi connectivity index (χ1) is 15.3. The van der Waals surface area contributed by atoms with Gasteiger partial charge in [0.15, 0.2) is 0 Å². The van der Waals surface area contributed by atoms with Crippen LogP contribution in [0.2, 0.25) is 0 Å². The molecule has 0 bridgehead atoms. The van der Waals surface area contributed by atoms with Gasteiger partial charge in [0, 0.05) is 19.2 Å². The molecule has 3 aromatic carbocycles. The number of methoxy groups -OCH3 is 1. The smallest absolute Gasteiger partial charge is 0.325 e. The van der Waals surface area contributed by atoms with Gasteiger partial charge in [-0.15, -0.1) is 0 Å². The fourth-order valence-electron chi connectivity index (χ4n) is 4.12. The van der Waals surface area contributed by atoms with Gasteiger partial charge in [0.05, 0.1) is 7.11 Å². The van der Waals surface area contributed by atoms with Crippen LogP contribution in [-0.4, -0.2) is 48.3 Å². The molecule has 1 unspecified atom stereocenters. The number of rotatable bonds is 6. The molecule has 1 N–H and O–H groups in total. The molecular formula is C25H25N3O4. The lowest BCUT2D eigenvalue weighted by Gasteiger charge is -2.25. The number of hydrogen-bond donors (Lipinski definition) is 1. The minimum Gasteiger partial charge on any atom is -0.496 e. The Morgan fingerprint density at radius 3 is 2.50 bits per heavy atom. The second kappa shape index (κ2) is 8.34. The van der Waals surface area contributed by atoms with Crippen LogP contribution in [0.15, 0.2) is 66.7 Å². The number of nitrogens with zero attached hydrogens (tertiary/aromatic N) is 2. The summed E-state index contributed by atoms with van der Waals surface area (Å²) >= 11 is 0. The molecule has 4 amide bonds. The quantitative estimate of drug-likeness (QED) is 0.608.